The first kappa shape index (κ1) is 27.8. The van der Waals surface area contributed by atoms with E-state index in [2.05, 4.69) is 9.97 Å². The van der Waals surface area contributed by atoms with Crippen LogP contribution >= 0.6 is 0 Å². The molecule has 10 heteroatoms. The van der Waals surface area contributed by atoms with Gasteiger partial charge < -0.3 is 10.5 Å². The van der Waals surface area contributed by atoms with E-state index in [0.29, 0.717) is 16.7 Å². The fourth-order valence-corrected chi connectivity index (χ4v) is 4.17. The number of carbonyl (C=O) groups excluding carboxylic acids is 1. The summed E-state index contributed by atoms with van der Waals surface area (Å²) in [7, 11) is 0. The highest BCUT2D eigenvalue weighted by atomic mass is 19.4. The van der Waals surface area contributed by atoms with Gasteiger partial charge >= 0.3 is 6.18 Å². The van der Waals surface area contributed by atoms with E-state index in [9.17, 15) is 27.5 Å². The molecule has 1 aliphatic rings. The maximum Gasteiger partial charge on any atom is 0.401 e. The Kier molecular flexibility index (Phi) is 8.03. The number of hydrogen-bond acceptors (Lipinski definition) is 6. The fourth-order valence-electron chi connectivity index (χ4n) is 4.17. The molecule has 3 aromatic rings. The van der Waals surface area contributed by atoms with Crippen molar-refractivity contribution in [2.75, 3.05) is 0 Å². The number of benzene rings is 2. The number of nitrogens with one attached hydrogen (secondary N) is 2. The summed E-state index contributed by atoms with van der Waals surface area (Å²) in [5.74, 6) is -1.48. The molecule has 0 unspecified atom stereocenters. The number of Topliss-reactive ketones (excluding diaryl/α,β-unsaturated/α-hetero) is 1. The molecule has 1 heterocycles. The molecule has 0 bridgehead atoms. The zero-order valence-corrected chi connectivity index (χ0v) is 20.9. The average molecular weight is 539 g/mol. The van der Waals surface area contributed by atoms with Crippen molar-refractivity contribution in [3.8, 4) is 11.1 Å². The monoisotopic (exact) mass is 538 g/mol. The van der Waals surface area contributed by atoms with Crippen molar-refractivity contribution >= 4 is 17.2 Å². The number of ketones is 1. The third-order valence-corrected chi connectivity index (χ3v) is 6.71. The first-order valence-electron chi connectivity index (χ1n) is 12.3. The largest absolute Gasteiger partial charge is 0.511 e. The van der Waals surface area contributed by atoms with Crippen molar-refractivity contribution in [3.05, 3.63) is 95.5 Å². The number of aromatic nitrogens is 2. The molecule has 4 rings (SSSR count). The van der Waals surface area contributed by atoms with Gasteiger partial charge in [-0.1, -0.05) is 42.5 Å². The number of hydrogen-bond donors (Lipinski definition) is 3. The summed E-state index contributed by atoms with van der Waals surface area (Å²) in [6, 6.07) is 13.4. The second kappa shape index (κ2) is 11.3. The van der Waals surface area contributed by atoms with Gasteiger partial charge in [0.2, 0.25) is 0 Å². The van der Waals surface area contributed by atoms with Gasteiger partial charge in [-0.25, -0.2) is 14.4 Å². The Morgan fingerprint density at radius 1 is 1.00 bits per heavy atom. The van der Waals surface area contributed by atoms with Crippen LogP contribution in [0.3, 0.4) is 0 Å². The van der Waals surface area contributed by atoms with Gasteiger partial charge in [0, 0.05) is 42.1 Å². The van der Waals surface area contributed by atoms with Gasteiger partial charge in [-0.15, -0.1) is 0 Å². The number of allylic oxidation sites excluding steroid dienone is 2. The highest BCUT2D eigenvalue weighted by molar-refractivity contribution is 6.08. The van der Waals surface area contributed by atoms with Gasteiger partial charge in [0.05, 0.1) is 0 Å². The molecule has 0 spiro atoms. The highest BCUT2D eigenvalue weighted by Gasteiger charge is 2.66. The Bertz CT molecular complexity index is 1410. The molecule has 0 radical (unpaired) electrons. The molecule has 2 aromatic carbocycles. The van der Waals surface area contributed by atoms with Crippen molar-refractivity contribution < 1.29 is 27.5 Å². The lowest BCUT2D eigenvalue weighted by Gasteiger charge is -2.18. The molecule has 0 saturated heterocycles. The van der Waals surface area contributed by atoms with Crippen LogP contribution in [-0.4, -0.2) is 38.5 Å². The van der Waals surface area contributed by atoms with Gasteiger partial charge in [-0.3, -0.25) is 10.2 Å². The van der Waals surface area contributed by atoms with Gasteiger partial charge in [0.25, 0.3) is 0 Å². The van der Waals surface area contributed by atoms with Crippen LogP contribution in [0.2, 0.25) is 0 Å². The van der Waals surface area contributed by atoms with Crippen LogP contribution in [0, 0.1) is 22.1 Å². The minimum Gasteiger partial charge on any atom is -0.511 e. The van der Waals surface area contributed by atoms with Crippen molar-refractivity contribution in [1.82, 2.24) is 9.97 Å². The maximum atomic E-state index is 14.7. The lowest BCUT2D eigenvalue weighted by Crippen LogP contribution is -2.27. The van der Waals surface area contributed by atoms with E-state index in [0.717, 1.165) is 6.08 Å². The van der Waals surface area contributed by atoms with Crippen LogP contribution in [-0.2, 0) is 11.2 Å². The number of aliphatic hydroxyl groups is 1. The van der Waals surface area contributed by atoms with Crippen LogP contribution in [0.4, 0.5) is 17.6 Å². The smallest absolute Gasteiger partial charge is 0.401 e. The van der Waals surface area contributed by atoms with Crippen LogP contribution in [0.5, 0.6) is 0 Å². The number of halogens is 4. The minimum absolute atomic E-state index is 0.0168. The van der Waals surface area contributed by atoms with Gasteiger partial charge in [0.1, 0.15) is 28.5 Å². The summed E-state index contributed by atoms with van der Waals surface area (Å²) < 4.78 is 53.9. The van der Waals surface area contributed by atoms with Gasteiger partial charge in [-0.2, -0.15) is 13.2 Å². The lowest BCUT2D eigenvalue weighted by molar-refractivity contribution is -0.182. The topological polar surface area (TPSA) is 111 Å². The van der Waals surface area contributed by atoms with E-state index in [-0.39, 0.29) is 67.1 Å². The van der Waals surface area contributed by atoms with Crippen molar-refractivity contribution in [2.24, 2.45) is 5.41 Å². The maximum absolute atomic E-state index is 14.7. The highest BCUT2D eigenvalue weighted by Crippen LogP contribution is 2.61. The number of carbonyl (C=O) groups is 1. The Morgan fingerprint density at radius 2 is 1.67 bits per heavy atom. The second-order valence-corrected chi connectivity index (χ2v) is 9.55. The van der Waals surface area contributed by atoms with Crippen molar-refractivity contribution in [1.29, 1.82) is 10.8 Å². The molecule has 1 saturated carbocycles. The quantitative estimate of drug-likeness (QED) is 0.142. The van der Waals surface area contributed by atoms with Crippen LogP contribution in [0.15, 0.2) is 72.8 Å². The molecule has 0 amide bonds. The predicted molar refractivity (Wildman–Crippen MR) is 139 cm³/mol. The zero-order chi connectivity index (χ0) is 28.2. The molecule has 1 aliphatic carbocycles. The summed E-state index contributed by atoms with van der Waals surface area (Å²) in [6.45, 7) is 0. The Hall–Kier alpha value is -4.21. The number of alkyl halides is 3. The second-order valence-electron chi connectivity index (χ2n) is 9.55. The first-order chi connectivity index (χ1) is 18.5. The average Bonchev–Trinajstić information content (AvgIpc) is 3.73. The summed E-state index contributed by atoms with van der Waals surface area (Å²) in [5, 5.41) is 25.9. The standard InChI is InChI=1S/C29H26F4N4O2/c30-24-14-19(21-16-36-27(37-17-21)26(35)18-5-2-1-3-6-18)9-10-20(24)13-23(38)8-4-7-22(34)15-25(39)28(11-12-28)29(31,32)33/h1-3,5-6,9-10,14-17,34-35,39H,4,7-8,11-13H2/b25-15-,34-22?,35-26?. The normalized spacial score (nSPS) is 14.6. The number of aliphatic hydroxyl groups excluding tert-OH is 1. The van der Waals surface area contributed by atoms with E-state index in [1.165, 1.54) is 24.5 Å². The van der Waals surface area contributed by atoms with Gasteiger partial charge in [0.15, 0.2) is 5.82 Å². The molecular formula is C29H26F4N4O2. The van der Waals surface area contributed by atoms with Crippen molar-refractivity contribution in [2.45, 2.75) is 44.7 Å². The molecule has 3 N–H and O–H groups in total. The Balaban J connectivity index is 1.30. The SMILES string of the molecule is N=C(/C=C(\O)C1(C(F)(F)F)CC1)CCCC(=O)Cc1ccc(-c2cnc(C(=N)c3ccccc3)nc2)cc1F. The van der Waals surface area contributed by atoms with Crippen LogP contribution in [0.1, 0.15) is 49.1 Å². The van der Waals surface area contributed by atoms with E-state index in [1.807, 2.05) is 18.2 Å². The molecule has 0 aliphatic heterocycles. The third-order valence-electron chi connectivity index (χ3n) is 6.71. The fraction of sp³-hybridized carbons (Fsp3) is 0.276. The summed E-state index contributed by atoms with van der Waals surface area (Å²) in [6.07, 6.45) is -1.08. The van der Waals surface area contributed by atoms with Gasteiger partial charge in [-0.05, 0) is 49.0 Å². The molecule has 39 heavy (non-hydrogen) atoms. The first-order valence-corrected chi connectivity index (χ1v) is 12.3. The molecule has 6 nitrogen and oxygen atoms in total. The lowest BCUT2D eigenvalue weighted by atomic mass is 9.99. The molecule has 1 aromatic heterocycles. The Morgan fingerprint density at radius 3 is 2.26 bits per heavy atom. The Labute approximate surface area is 222 Å². The summed E-state index contributed by atoms with van der Waals surface area (Å²) in [5.41, 5.74) is -0.348. The van der Waals surface area contributed by atoms with Crippen LogP contribution in [0.25, 0.3) is 11.1 Å². The van der Waals surface area contributed by atoms with Crippen molar-refractivity contribution in [3.63, 3.8) is 0 Å². The molecule has 1 fully saturated rings. The summed E-state index contributed by atoms with van der Waals surface area (Å²) >= 11 is 0. The van der Waals surface area contributed by atoms with E-state index in [4.69, 9.17) is 10.8 Å². The van der Waals surface area contributed by atoms with E-state index in [1.54, 1.807) is 18.2 Å². The third kappa shape index (κ3) is 6.45. The molecular weight excluding hydrogens is 512 g/mol. The molecule has 0 atom stereocenters. The number of rotatable bonds is 11. The van der Waals surface area contributed by atoms with E-state index >= 15 is 0 Å². The molecule has 202 valence electrons. The predicted octanol–water partition coefficient (Wildman–Crippen LogP) is 6.78. The zero-order valence-electron chi connectivity index (χ0n) is 20.9. The summed E-state index contributed by atoms with van der Waals surface area (Å²) in [4.78, 5) is 20.8. The minimum atomic E-state index is -4.56. The van der Waals surface area contributed by atoms with E-state index < -0.39 is 23.2 Å². The number of nitrogens with zero attached hydrogens (tertiary/aromatic N) is 2. The van der Waals surface area contributed by atoms with Crippen LogP contribution < -0.4 is 0 Å².